The molecule has 0 saturated carbocycles. The maximum Gasteiger partial charge on any atom is 0.0564 e. The smallest absolute Gasteiger partial charge is 0.0564 e. The van der Waals surface area contributed by atoms with Crippen LogP contribution in [0.25, 0.3) is 0 Å². The molecule has 0 radical (unpaired) electrons. The Labute approximate surface area is 50.6 Å². The molecule has 0 bridgehead atoms. The fraction of sp³-hybridized carbons (Fsp3) is 1.00. The van der Waals surface area contributed by atoms with Crippen LogP contribution in [0.4, 0.5) is 0 Å². The fourth-order valence-corrected chi connectivity index (χ4v) is 0.426. The first kappa shape index (κ1) is 7.88. The zero-order valence-electron chi connectivity index (χ0n) is 5.41. The van der Waals surface area contributed by atoms with Crippen LogP contribution in [0.1, 0.15) is 19.8 Å². The van der Waals surface area contributed by atoms with Crippen LogP contribution in [0, 0.1) is 0 Å². The topological polar surface area (TPSA) is 50.1 Å². The van der Waals surface area contributed by atoms with Crippen molar-refractivity contribution >= 4 is 0 Å². The second-order valence-electron chi connectivity index (χ2n) is 1.66. The molecule has 3 nitrogen and oxygen atoms in total. The third kappa shape index (κ3) is 5.88. The SMILES string of the molecule is CCCCNNCN. The second kappa shape index (κ2) is 6.88. The summed E-state index contributed by atoms with van der Waals surface area (Å²) in [5.74, 6) is 0. The van der Waals surface area contributed by atoms with Crippen LogP contribution in [-0.4, -0.2) is 13.2 Å². The van der Waals surface area contributed by atoms with Crippen molar-refractivity contribution in [3.63, 3.8) is 0 Å². The van der Waals surface area contributed by atoms with Crippen molar-refractivity contribution in [2.24, 2.45) is 5.73 Å². The molecule has 0 unspecified atom stereocenters. The molecule has 0 fully saturated rings. The fourth-order valence-electron chi connectivity index (χ4n) is 0.426. The van der Waals surface area contributed by atoms with E-state index in [1.165, 1.54) is 12.8 Å². The molecule has 0 aliphatic heterocycles. The van der Waals surface area contributed by atoms with Crippen LogP contribution in [0.15, 0.2) is 0 Å². The molecule has 0 aliphatic rings. The van der Waals surface area contributed by atoms with Crippen molar-refractivity contribution in [1.82, 2.24) is 10.9 Å². The molecule has 0 aliphatic carbocycles. The first-order chi connectivity index (χ1) is 3.91. The Hall–Kier alpha value is -0.120. The lowest BCUT2D eigenvalue weighted by Gasteiger charge is -2.00. The molecule has 0 atom stereocenters. The summed E-state index contributed by atoms with van der Waals surface area (Å²) in [6.07, 6.45) is 2.42. The molecule has 0 spiro atoms. The summed E-state index contributed by atoms with van der Waals surface area (Å²) in [5, 5.41) is 0. The molecule has 0 aromatic carbocycles. The Morgan fingerprint density at radius 3 is 2.62 bits per heavy atom. The van der Waals surface area contributed by atoms with Gasteiger partial charge in [-0.15, -0.1) is 0 Å². The van der Waals surface area contributed by atoms with E-state index in [2.05, 4.69) is 17.8 Å². The van der Waals surface area contributed by atoms with Crippen LogP contribution >= 0.6 is 0 Å². The van der Waals surface area contributed by atoms with Gasteiger partial charge in [0.05, 0.1) is 6.67 Å². The Bertz CT molecular complexity index is 32.7. The molecule has 0 rings (SSSR count). The number of hydrogen-bond donors (Lipinski definition) is 3. The molecule has 0 heterocycles. The lowest BCUT2D eigenvalue weighted by molar-refractivity contribution is 0.527. The van der Waals surface area contributed by atoms with Gasteiger partial charge in [-0.25, -0.2) is 5.43 Å². The number of hydrazine groups is 1. The van der Waals surface area contributed by atoms with Gasteiger partial charge in [-0.1, -0.05) is 13.3 Å². The molecule has 0 aromatic rings. The first-order valence-corrected chi connectivity index (χ1v) is 3.07. The third-order valence-electron chi connectivity index (χ3n) is 0.882. The molecule has 0 amide bonds. The van der Waals surface area contributed by atoms with Gasteiger partial charge >= 0.3 is 0 Å². The largest absolute Gasteiger partial charge is 0.317 e. The van der Waals surface area contributed by atoms with E-state index < -0.39 is 0 Å². The predicted octanol–water partition coefficient (Wildman–Crippen LogP) is -0.203. The summed E-state index contributed by atoms with van der Waals surface area (Å²) in [5.41, 5.74) is 10.9. The minimum absolute atomic E-state index is 0.504. The van der Waals surface area contributed by atoms with Gasteiger partial charge in [0.1, 0.15) is 0 Å². The monoisotopic (exact) mass is 117 g/mol. The minimum Gasteiger partial charge on any atom is -0.317 e. The molecule has 8 heavy (non-hydrogen) atoms. The number of hydrogen-bond acceptors (Lipinski definition) is 3. The molecule has 0 saturated heterocycles. The van der Waals surface area contributed by atoms with Crippen LogP contribution in [0.2, 0.25) is 0 Å². The summed E-state index contributed by atoms with van der Waals surface area (Å²) >= 11 is 0. The van der Waals surface area contributed by atoms with Crippen molar-refractivity contribution < 1.29 is 0 Å². The summed E-state index contributed by atoms with van der Waals surface area (Å²) in [7, 11) is 0. The van der Waals surface area contributed by atoms with Crippen molar-refractivity contribution in [1.29, 1.82) is 0 Å². The Kier molecular flexibility index (Phi) is 6.78. The minimum atomic E-state index is 0.504. The van der Waals surface area contributed by atoms with Gasteiger partial charge in [-0.2, -0.15) is 0 Å². The third-order valence-corrected chi connectivity index (χ3v) is 0.882. The zero-order chi connectivity index (χ0) is 6.24. The lowest BCUT2D eigenvalue weighted by Crippen LogP contribution is -2.36. The van der Waals surface area contributed by atoms with Gasteiger partial charge < -0.3 is 5.73 Å². The highest BCUT2D eigenvalue weighted by Gasteiger charge is 1.79. The summed E-state index contributed by atoms with van der Waals surface area (Å²) in [6.45, 7) is 3.67. The van der Waals surface area contributed by atoms with Gasteiger partial charge in [0.15, 0.2) is 0 Å². The Morgan fingerprint density at radius 2 is 2.12 bits per heavy atom. The molecule has 4 N–H and O–H groups in total. The lowest BCUT2D eigenvalue weighted by atomic mass is 10.3. The number of nitrogens with two attached hydrogens (primary N) is 1. The molecule has 3 heteroatoms. The number of nitrogens with one attached hydrogen (secondary N) is 2. The maximum atomic E-state index is 5.14. The maximum absolute atomic E-state index is 5.14. The first-order valence-electron chi connectivity index (χ1n) is 3.07. The van der Waals surface area contributed by atoms with Gasteiger partial charge in [0.25, 0.3) is 0 Å². The van der Waals surface area contributed by atoms with E-state index in [1.54, 1.807) is 0 Å². The van der Waals surface area contributed by atoms with Crippen LogP contribution < -0.4 is 16.6 Å². The van der Waals surface area contributed by atoms with Crippen molar-refractivity contribution in [2.45, 2.75) is 19.8 Å². The second-order valence-corrected chi connectivity index (χ2v) is 1.66. The highest BCUT2D eigenvalue weighted by Crippen LogP contribution is 1.79. The summed E-state index contributed by atoms with van der Waals surface area (Å²) < 4.78 is 0. The van der Waals surface area contributed by atoms with Gasteiger partial charge in [0.2, 0.25) is 0 Å². The van der Waals surface area contributed by atoms with Gasteiger partial charge in [-0.3, -0.25) is 5.43 Å². The van der Waals surface area contributed by atoms with E-state index in [-0.39, 0.29) is 0 Å². The molecular formula is C5H15N3. The highest BCUT2D eigenvalue weighted by molar-refractivity contribution is 4.37. The predicted molar refractivity (Wildman–Crippen MR) is 35.1 cm³/mol. The van der Waals surface area contributed by atoms with Crippen molar-refractivity contribution in [2.75, 3.05) is 13.2 Å². The zero-order valence-corrected chi connectivity index (χ0v) is 5.41. The quantitative estimate of drug-likeness (QED) is 0.265. The van der Waals surface area contributed by atoms with Gasteiger partial charge in [-0.05, 0) is 6.42 Å². The number of unbranched alkanes of at least 4 members (excludes halogenated alkanes) is 1. The molecule has 50 valence electrons. The normalized spacial score (nSPS) is 9.75. The van der Waals surface area contributed by atoms with E-state index in [0.29, 0.717) is 6.67 Å². The van der Waals surface area contributed by atoms with E-state index in [0.717, 1.165) is 6.54 Å². The summed E-state index contributed by atoms with van der Waals surface area (Å²) in [4.78, 5) is 0. The number of rotatable bonds is 5. The average molecular weight is 117 g/mol. The van der Waals surface area contributed by atoms with E-state index in [4.69, 9.17) is 5.73 Å². The van der Waals surface area contributed by atoms with Crippen molar-refractivity contribution in [3.05, 3.63) is 0 Å². The Morgan fingerprint density at radius 1 is 1.38 bits per heavy atom. The average Bonchev–Trinajstić information content (AvgIpc) is 1.81. The van der Waals surface area contributed by atoms with Crippen LogP contribution in [0.5, 0.6) is 0 Å². The van der Waals surface area contributed by atoms with Crippen molar-refractivity contribution in [3.8, 4) is 0 Å². The Balaban J connectivity index is 2.53. The summed E-state index contributed by atoms with van der Waals surface area (Å²) in [6, 6.07) is 0. The van der Waals surface area contributed by atoms with E-state index in [1.807, 2.05) is 0 Å². The highest BCUT2D eigenvalue weighted by atomic mass is 15.4. The molecular weight excluding hydrogens is 102 g/mol. The van der Waals surface area contributed by atoms with E-state index in [9.17, 15) is 0 Å². The van der Waals surface area contributed by atoms with Crippen LogP contribution in [0.3, 0.4) is 0 Å². The van der Waals surface area contributed by atoms with E-state index >= 15 is 0 Å². The molecule has 0 aromatic heterocycles. The van der Waals surface area contributed by atoms with Gasteiger partial charge in [0, 0.05) is 6.54 Å². The standard InChI is InChI=1S/C5H15N3/c1-2-3-4-7-8-5-6/h7-8H,2-6H2,1H3. The van der Waals surface area contributed by atoms with Crippen LogP contribution in [-0.2, 0) is 0 Å².